The molecule has 44 heavy (non-hydrogen) atoms. The Kier molecular flexibility index (Phi) is 6.66. The number of fused-ring (bicyclic) bond motifs is 5. The molecular weight excluding hydrogens is 584 g/mol. The van der Waals surface area contributed by atoms with E-state index in [9.17, 15) is 34.1 Å². The van der Waals surface area contributed by atoms with Crippen molar-refractivity contribution in [3.8, 4) is 11.5 Å². The number of benzene rings is 2. The third-order valence-electron chi connectivity index (χ3n) is 8.75. The molecule has 7 rings (SSSR count). The number of pyridine rings is 1. The zero-order valence-corrected chi connectivity index (χ0v) is 23.4. The average Bonchev–Trinajstić information content (AvgIpc) is 3.77. The van der Waals surface area contributed by atoms with Gasteiger partial charge < -0.3 is 39.0 Å². The van der Waals surface area contributed by atoms with Gasteiger partial charge in [-0.25, -0.2) is 18.4 Å². The second-order valence-corrected chi connectivity index (χ2v) is 11.8. The second-order valence-electron chi connectivity index (χ2n) is 11.8. The monoisotopic (exact) mass is 613 g/mol. The molecule has 3 aliphatic heterocycles. The molecule has 14 heteroatoms. The number of aromatic nitrogens is 1. The first-order chi connectivity index (χ1) is 21.1. The standard InChI is InChI=1S/C30H29F2N3O9/c31-21-7-16(35-10-18(12-36)44-29(35)40)3-4-23(21)43-14-30(41)5-6-33-17(9-30)13-42-27-24-19(8-22(32)25(27)33)26(37)20(28(38)39)11-34(24)15-1-2-15/h3-4,7-8,11,15,17-18,36,41H,1-2,5-6,9-10,12-14H2,(H,38,39)/t17-,18-,30-/m1/s1. The van der Waals surface area contributed by atoms with Crippen LogP contribution in [0.3, 0.4) is 0 Å². The van der Waals surface area contributed by atoms with Gasteiger partial charge in [0.15, 0.2) is 23.1 Å². The van der Waals surface area contributed by atoms with E-state index in [4.69, 9.17) is 14.2 Å². The molecule has 0 spiro atoms. The SMILES string of the molecule is O=C(O)c1cn(C2CC2)c2c3c(c(F)cc2c1=O)N1CC[C@](O)(COc2ccc(N4C[C@H](CO)OC4=O)cc2F)C[C@@H]1CO3. The van der Waals surface area contributed by atoms with E-state index in [1.54, 1.807) is 9.47 Å². The number of nitrogens with zero attached hydrogens (tertiary/aromatic N) is 3. The molecule has 0 unspecified atom stereocenters. The maximum atomic E-state index is 15.7. The highest BCUT2D eigenvalue weighted by Crippen LogP contribution is 2.47. The van der Waals surface area contributed by atoms with E-state index in [1.807, 2.05) is 0 Å². The van der Waals surface area contributed by atoms with Crippen molar-refractivity contribution in [2.75, 3.05) is 42.7 Å². The highest BCUT2D eigenvalue weighted by atomic mass is 19.1. The van der Waals surface area contributed by atoms with Gasteiger partial charge in [0.05, 0.1) is 35.8 Å². The van der Waals surface area contributed by atoms with Gasteiger partial charge in [0.1, 0.15) is 36.2 Å². The first-order valence-corrected chi connectivity index (χ1v) is 14.3. The van der Waals surface area contributed by atoms with E-state index >= 15 is 4.39 Å². The molecule has 1 aliphatic carbocycles. The van der Waals surface area contributed by atoms with Crippen LogP contribution in [-0.4, -0.2) is 82.6 Å². The summed E-state index contributed by atoms with van der Waals surface area (Å²) in [5.41, 5.74) is -1.85. The molecule has 12 nitrogen and oxygen atoms in total. The zero-order chi connectivity index (χ0) is 30.9. The number of rotatable bonds is 7. The van der Waals surface area contributed by atoms with Gasteiger partial charge in [-0.15, -0.1) is 0 Å². The number of carbonyl (C=O) groups is 2. The van der Waals surface area contributed by atoms with E-state index in [2.05, 4.69) is 0 Å². The number of hydrogen-bond donors (Lipinski definition) is 3. The van der Waals surface area contributed by atoms with Gasteiger partial charge in [-0.05, 0) is 37.5 Å². The topological polar surface area (TPSA) is 151 Å². The van der Waals surface area contributed by atoms with Crippen LogP contribution in [0.2, 0.25) is 0 Å². The lowest BCUT2D eigenvalue weighted by molar-refractivity contribution is -0.0401. The lowest BCUT2D eigenvalue weighted by Gasteiger charge is -2.47. The first kappa shape index (κ1) is 28.3. The number of carbonyl (C=O) groups excluding carboxylic acids is 1. The van der Waals surface area contributed by atoms with Crippen LogP contribution >= 0.6 is 0 Å². The average molecular weight is 614 g/mol. The van der Waals surface area contributed by atoms with Crippen molar-refractivity contribution < 1.29 is 47.9 Å². The molecule has 0 bridgehead atoms. The van der Waals surface area contributed by atoms with Gasteiger partial charge in [0.2, 0.25) is 5.43 Å². The predicted molar refractivity (Wildman–Crippen MR) is 151 cm³/mol. The smallest absolute Gasteiger partial charge is 0.414 e. The summed E-state index contributed by atoms with van der Waals surface area (Å²) < 4.78 is 49.0. The Labute approximate surface area is 248 Å². The molecule has 3 fully saturated rings. The molecule has 1 amide bonds. The molecule has 0 radical (unpaired) electrons. The number of hydrogen-bond acceptors (Lipinski definition) is 9. The van der Waals surface area contributed by atoms with E-state index in [0.717, 1.165) is 25.0 Å². The maximum Gasteiger partial charge on any atom is 0.414 e. The summed E-state index contributed by atoms with van der Waals surface area (Å²) in [6.07, 6.45) is 1.78. The lowest BCUT2D eigenvalue weighted by Crippen LogP contribution is -2.56. The minimum Gasteiger partial charge on any atom is -0.488 e. The molecule has 4 heterocycles. The van der Waals surface area contributed by atoms with Crippen LogP contribution in [-0.2, 0) is 4.74 Å². The molecule has 1 saturated carbocycles. The summed E-state index contributed by atoms with van der Waals surface area (Å²) in [5, 5.41) is 30.1. The van der Waals surface area contributed by atoms with Crippen molar-refractivity contribution in [3.63, 3.8) is 0 Å². The van der Waals surface area contributed by atoms with Crippen LogP contribution in [0.4, 0.5) is 25.0 Å². The van der Waals surface area contributed by atoms with Crippen LogP contribution in [0, 0.1) is 11.6 Å². The van der Waals surface area contributed by atoms with Crippen molar-refractivity contribution in [1.29, 1.82) is 0 Å². The summed E-state index contributed by atoms with van der Waals surface area (Å²) in [6.45, 7) is -0.238. The molecule has 2 aromatic carbocycles. The molecule has 1 aromatic heterocycles. The van der Waals surface area contributed by atoms with Gasteiger partial charge in [-0.3, -0.25) is 9.69 Å². The minimum atomic E-state index is -1.39. The van der Waals surface area contributed by atoms with Gasteiger partial charge in [0.25, 0.3) is 0 Å². The Balaban J connectivity index is 1.10. The largest absolute Gasteiger partial charge is 0.488 e. The summed E-state index contributed by atoms with van der Waals surface area (Å²) in [4.78, 5) is 39.7. The highest BCUT2D eigenvalue weighted by Gasteiger charge is 2.44. The highest BCUT2D eigenvalue weighted by molar-refractivity contribution is 5.97. The number of piperidine rings is 1. The summed E-state index contributed by atoms with van der Waals surface area (Å²) in [5.74, 6) is -2.81. The third-order valence-corrected chi connectivity index (χ3v) is 8.75. The number of cyclic esters (lactones) is 1. The molecular formula is C30H29F2N3O9. The fraction of sp³-hybridized carbons (Fsp3) is 0.433. The number of aromatic carboxylic acids is 1. The normalized spacial score (nSPS) is 24.5. The van der Waals surface area contributed by atoms with Crippen molar-refractivity contribution in [2.24, 2.45) is 0 Å². The van der Waals surface area contributed by atoms with Crippen LogP contribution in [0.15, 0.2) is 35.3 Å². The van der Waals surface area contributed by atoms with E-state index in [0.29, 0.717) is 5.52 Å². The van der Waals surface area contributed by atoms with Gasteiger partial charge >= 0.3 is 12.1 Å². The van der Waals surface area contributed by atoms with Crippen molar-refractivity contribution in [2.45, 2.75) is 49.5 Å². The van der Waals surface area contributed by atoms with E-state index < -0.39 is 52.4 Å². The number of aliphatic hydroxyl groups is 2. The van der Waals surface area contributed by atoms with Gasteiger partial charge in [0, 0.05) is 31.3 Å². The number of amides is 1. The Morgan fingerprint density at radius 1 is 1.14 bits per heavy atom. The summed E-state index contributed by atoms with van der Waals surface area (Å²) >= 11 is 0. The number of anilines is 2. The van der Waals surface area contributed by atoms with E-state index in [1.165, 1.54) is 23.2 Å². The molecule has 3 N–H and O–H groups in total. The van der Waals surface area contributed by atoms with Crippen LogP contribution in [0.5, 0.6) is 11.5 Å². The second kappa shape index (κ2) is 10.3. The number of carboxylic acid groups (broad SMARTS) is 1. The Morgan fingerprint density at radius 2 is 1.93 bits per heavy atom. The molecule has 3 aromatic rings. The number of ether oxygens (including phenoxy) is 3. The van der Waals surface area contributed by atoms with Crippen molar-refractivity contribution in [3.05, 3.63) is 57.9 Å². The lowest BCUT2D eigenvalue weighted by atomic mass is 9.86. The molecule has 232 valence electrons. The summed E-state index contributed by atoms with van der Waals surface area (Å²) in [7, 11) is 0. The Morgan fingerprint density at radius 3 is 2.61 bits per heavy atom. The number of carboxylic acids is 1. The minimum absolute atomic E-state index is 0.0215. The number of aliphatic hydroxyl groups excluding tert-OH is 1. The van der Waals surface area contributed by atoms with Crippen molar-refractivity contribution in [1.82, 2.24) is 4.57 Å². The Bertz CT molecular complexity index is 1760. The zero-order valence-electron chi connectivity index (χ0n) is 23.4. The maximum absolute atomic E-state index is 15.7. The molecule has 4 aliphatic rings. The fourth-order valence-corrected chi connectivity index (χ4v) is 6.37. The predicted octanol–water partition coefficient (Wildman–Crippen LogP) is 2.80. The van der Waals surface area contributed by atoms with Crippen LogP contribution in [0.25, 0.3) is 10.9 Å². The Hall–Kier alpha value is -4.43. The fourth-order valence-electron chi connectivity index (χ4n) is 6.37. The van der Waals surface area contributed by atoms with Gasteiger partial charge in [-0.1, -0.05) is 0 Å². The third kappa shape index (κ3) is 4.68. The van der Waals surface area contributed by atoms with Crippen LogP contribution < -0.4 is 24.7 Å². The quantitative estimate of drug-likeness (QED) is 0.363. The van der Waals surface area contributed by atoms with Crippen LogP contribution in [0.1, 0.15) is 42.1 Å². The van der Waals surface area contributed by atoms with Crippen molar-refractivity contribution >= 4 is 34.3 Å². The first-order valence-electron chi connectivity index (χ1n) is 14.3. The summed E-state index contributed by atoms with van der Waals surface area (Å²) in [6, 6.07) is 4.53. The molecule has 2 saturated heterocycles. The number of halogens is 2. The van der Waals surface area contributed by atoms with E-state index in [-0.39, 0.29) is 80.1 Å². The van der Waals surface area contributed by atoms with Gasteiger partial charge in [-0.2, -0.15) is 0 Å². The molecule has 3 atom stereocenters.